The number of hydrogen-bond donors (Lipinski definition) is 2. The van der Waals surface area contributed by atoms with E-state index >= 15 is 0 Å². The Morgan fingerprint density at radius 1 is 1.38 bits per heavy atom. The number of benzene rings is 1. The molecule has 2 aliphatic rings. The highest BCUT2D eigenvalue weighted by Gasteiger charge is 2.37. The number of nitrogens with zero attached hydrogens (tertiary/aromatic N) is 5. The number of hydrogen-bond acceptors (Lipinski definition) is 6. The fourth-order valence-corrected chi connectivity index (χ4v) is 3.70. The molecule has 1 saturated carbocycles. The van der Waals surface area contributed by atoms with Crippen molar-refractivity contribution in [2.75, 3.05) is 6.54 Å². The Morgan fingerprint density at radius 3 is 2.93 bits per heavy atom. The molecule has 1 saturated heterocycles. The van der Waals surface area contributed by atoms with E-state index in [0.717, 1.165) is 12.8 Å². The van der Waals surface area contributed by atoms with E-state index in [1.54, 1.807) is 0 Å². The monoisotopic (exact) mass is 402 g/mol. The maximum absolute atomic E-state index is 13.8. The van der Waals surface area contributed by atoms with Gasteiger partial charge < -0.3 is 16.0 Å². The van der Waals surface area contributed by atoms with Gasteiger partial charge in [-0.15, -0.1) is 5.10 Å². The SMILES string of the molecule is [2H]C1(C[C@H](N)C(=O)N2CCC[C@H]2C(=O)NCc2cc(F)ccc2-n2cnnn2)CC1. The van der Waals surface area contributed by atoms with Crippen LogP contribution in [0.5, 0.6) is 0 Å². The first-order chi connectivity index (χ1) is 14.4. The number of carbonyl (C=O) groups is 2. The van der Waals surface area contributed by atoms with Crippen LogP contribution in [0.4, 0.5) is 4.39 Å². The van der Waals surface area contributed by atoms with Crippen LogP contribution >= 0.6 is 0 Å². The molecule has 0 spiro atoms. The molecule has 3 N–H and O–H groups in total. The van der Waals surface area contributed by atoms with Crippen LogP contribution in [-0.4, -0.2) is 55.5 Å². The molecule has 2 fully saturated rings. The van der Waals surface area contributed by atoms with E-state index in [1.165, 1.54) is 34.1 Å². The van der Waals surface area contributed by atoms with Crippen LogP contribution < -0.4 is 11.1 Å². The van der Waals surface area contributed by atoms with Crippen LogP contribution in [0.1, 0.15) is 39.0 Å². The van der Waals surface area contributed by atoms with Crippen LogP contribution in [-0.2, 0) is 16.1 Å². The predicted molar refractivity (Wildman–Crippen MR) is 101 cm³/mol. The molecule has 1 aliphatic carbocycles. The highest BCUT2D eigenvalue weighted by molar-refractivity contribution is 5.90. The fourth-order valence-electron chi connectivity index (χ4n) is 3.70. The fraction of sp³-hybridized carbons (Fsp3) is 0.526. The second-order valence-electron chi connectivity index (χ2n) is 7.50. The van der Waals surface area contributed by atoms with Crippen molar-refractivity contribution >= 4 is 11.8 Å². The third-order valence-corrected chi connectivity index (χ3v) is 5.36. The first-order valence-electron chi connectivity index (χ1n) is 10.2. The Balaban J connectivity index is 1.41. The van der Waals surface area contributed by atoms with Crippen molar-refractivity contribution in [1.82, 2.24) is 30.4 Å². The van der Waals surface area contributed by atoms with Crippen molar-refractivity contribution in [3.05, 3.63) is 35.9 Å². The van der Waals surface area contributed by atoms with Gasteiger partial charge in [0.25, 0.3) is 0 Å². The first kappa shape index (κ1) is 18.2. The van der Waals surface area contributed by atoms with Gasteiger partial charge in [0.05, 0.1) is 11.7 Å². The Kier molecular flexibility index (Phi) is 5.16. The Bertz CT molecular complexity index is 935. The van der Waals surface area contributed by atoms with Crippen molar-refractivity contribution in [2.45, 2.75) is 50.7 Å². The van der Waals surface area contributed by atoms with Crippen molar-refractivity contribution in [2.24, 2.45) is 11.6 Å². The topological polar surface area (TPSA) is 119 Å². The molecule has 2 atom stereocenters. The molecule has 29 heavy (non-hydrogen) atoms. The number of nitrogens with two attached hydrogens (primary N) is 1. The lowest BCUT2D eigenvalue weighted by molar-refractivity contribution is -0.139. The summed E-state index contributed by atoms with van der Waals surface area (Å²) in [5.41, 5.74) is 7.09. The molecule has 154 valence electrons. The number of rotatable bonds is 7. The van der Waals surface area contributed by atoms with Gasteiger partial charge in [0.2, 0.25) is 11.8 Å². The largest absolute Gasteiger partial charge is 0.350 e. The molecule has 0 unspecified atom stereocenters. The van der Waals surface area contributed by atoms with E-state index in [-0.39, 0.29) is 18.4 Å². The highest BCUT2D eigenvalue weighted by Crippen LogP contribution is 2.33. The summed E-state index contributed by atoms with van der Waals surface area (Å²) < 4.78 is 23.2. The van der Waals surface area contributed by atoms with Gasteiger partial charge in [0.1, 0.15) is 18.2 Å². The van der Waals surface area contributed by atoms with E-state index in [2.05, 4.69) is 20.8 Å². The second kappa shape index (κ2) is 8.24. The third-order valence-electron chi connectivity index (χ3n) is 5.36. The van der Waals surface area contributed by atoms with Crippen LogP contribution in [0.2, 0.25) is 0 Å². The predicted octanol–water partition coefficient (Wildman–Crippen LogP) is 0.536. The number of nitrogens with one attached hydrogen (secondary N) is 1. The normalized spacial score (nSPS) is 21.5. The second-order valence-corrected chi connectivity index (χ2v) is 7.50. The molecule has 2 amide bonds. The Hall–Kier alpha value is -2.88. The van der Waals surface area contributed by atoms with Gasteiger partial charge in [-0.1, -0.05) is 12.8 Å². The smallest absolute Gasteiger partial charge is 0.243 e. The number of tetrazole rings is 1. The summed E-state index contributed by atoms with van der Waals surface area (Å²) in [7, 11) is 0. The quantitative estimate of drug-likeness (QED) is 0.698. The van der Waals surface area contributed by atoms with Gasteiger partial charge in [0, 0.05) is 14.5 Å². The van der Waals surface area contributed by atoms with Crippen molar-refractivity contribution in [1.29, 1.82) is 0 Å². The van der Waals surface area contributed by atoms with Crippen molar-refractivity contribution in [3.63, 3.8) is 0 Å². The molecule has 1 aromatic heterocycles. The summed E-state index contributed by atoms with van der Waals surface area (Å²) in [6.45, 7) is 0.525. The molecule has 9 nitrogen and oxygen atoms in total. The zero-order chi connectivity index (χ0) is 21.3. The Morgan fingerprint density at radius 2 is 2.21 bits per heavy atom. The molecule has 10 heteroatoms. The molecule has 4 rings (SSSR count). The summed E-state index contributed by atoms with van der Waals surface area (Å²) in [6, 6.07) is 2.75. The van der Waals surface area contributed by atoms with E-state index in [9.17, 15) is 14.0 Å². The number of aromatic nitrogens is 4. The average molecular weight is 402 g/mol. The van der Waals surface area contributed by atoms with Crippen molar-refractivity contribution in [3.8, 4) is 5.69 Å². The van der Waals surface area contributed by atoms with E-state index in [1.807, 2.05) is 0 Å². The zero-order valence-electron chi connectivity index (χ0n) is 16.9. The zero-order valence-corrected chi connectivity index (χ0v) is 15.9. The lowest BCUT2D eigenvalue weighted by atomic mass is 10.1. The Labute approximate surface area is 168 Å². The van der Waals surface area contributed by atoms with E-state index < -0.39 is 23.8 Å². The third kappa shape index (κ3) is 4.42. The maximum atomic E-state index is 13.8. The van der Waals surface area contributed by atoms with Crippen LogP contribution in [0, 0.1) is 11.7 Å². The lowest BCUT2D eigenvalue weighted by Gasteiger charge is -2.27. The van der Waals surface area contributed by atoms with Crippen LogP contribution in [0.3, 0.4) is 0 Å². The summed E-state index contributed by atoms with van der Waals surface area (Å²) in [5.74, 6) is -1.63. The summed E-state index contributed by atoms with van der Waals surface area (Å²) in [5, 5.41) is 13.8. The number of amides is 2. The summed E-state index contributed by atoms with van der Waals surface area (Å²) in [4.78, 5) is 27.1. The number of carbonyl (C=O) groups excluding carboxylic acids is 2. The van der Waals surface area contributed by atoms with Gasteiger partial charge in [-0.05, 0) is 59.3 Å². The van der Waals surface area contributed by atoms with Gasteiger partial charge in [0.15, 0.2) is 0 Å². The molecule has 0 bridgehead atoms. The molecular weight excluding hydrogens is 377 g/mol. The lowest BCUT2D eigenvalue weighted by Crippen LogP contribution is -2.51. The summed E-state index contributed by atoms with van der Waals surface area (Å²) >= 11 is 0. The van der Waals surface area contributed by atoms with Gasteiger partial charge in [-0.3, -0.25) is 9.59 Å². The first-order valence-corrected chi connectivity index (χ1v) is 9.72. The minimum Gasteiger partial charge on any atom is -0.350 e. The number of halogens is 1. The molecule has 1 aliphatic heterocycles. The average Bonchev–Trinajstić information content (AvgIpc) is 3.15. The van der Waals surface area contributed by atoms with Crippen molar-refractivity contribution < 1.29 is 15.4 Å². The van der Waals surface area contributed by atoms with Gasteiger partial charge in [-0.25, -0.2) is 9.07 Å². The standard InChI is InChI=1S/C19H24FN7O2/c20-14-5-6-16(27-11-23-24-25-27)13(9-14)10-22-18(28)17-2-1-7-26(17)19(29)15(21)8-12-3-4-12/h5-6,9,11-12,15,17H,1-4,7-8,10,21H2,(H,22,28)/t15-,17-/m0/s1/i12D. The van der Waals surface area contributed by atoms with Gasteiger partial charge >= 0.3 is 0 Å². The van der Waals surface area contributed by atoms with E-state index in [0.29, 0.717) is 37.1 Å². The highest BCUT2D eigenvalue weighted by atomic mass is 19.1. The molecular formula is C19H24FN7O2. The van der Waals surface area contributed by atoms with E-state index in [4.69, 9.17) is 7.10 Å². The van der Waals surface area contributed by atoms with Crippen LogP contribution in [0.15, 0.2) is 24.5 Å². The maximum Gasteiger partial charge on any atom is 0.243 e. The minimum atomic E-state index is -0.770. The molecule has 2 heterocycles. The number of likely N-dealkylation sites (tertiary alicyclic amines) is 1. The minimum absolute atomic E-state index is 0.0617. The van der Waals surface area contributed by atoms with Crippen LogP contribution in [0.25, 0.3) is 5.69 Å². The molecule has 2 aromatic rings. The summed E-state index contributed by atoms with van der Waals surface area (Å²) in [6.07, 6.45) is 4.47. The molecule has 1 aromatic carbocycles. The van der Waals surface area contributed by atoms with Gasteiger partial charge in [-0.2, -0.15) is 0 Å². The molecule has 0 radical (unpaired) electrons.